The monoisotopic (exact) mass is 358 g/mol. The van der Waals surface area contributed by atoms with E-state index in [4.69, 9.17) is 0 Å². The summed E-state index contributed by atoms with van der Waals surface area (Å²) in [7, 11) is 0. The van der Waals surface area contributed by atoms with Crippen molar-refractivity contribution in [1.82, 2.24) is 15.6 Å². The minimum atomic E-state index is -0.434. The number of aromatic nitrogens is 1. The zero-order chi connectivity index (χ0) is 17.4. The largest absolute Gasteiger partial charge is 0.348 e. The lowest BCUT2D eigenvalue weighted by Crippen LogP contribution is -2.48. The van der Waals surface area contributed by atoms with Gasteiger partial charge in [0.2, 0.25) is 0 Å². The van der Waals surface area contributed by atoms with Gasteiger partial charge in [-0.15, -0.1) is 11.3 Å². The Morgan fingerprint density at radius 1 is 1.24 bits per heavy atom. The van der Waals surface area contributed by atoms with Gasteiger partial charge in [0.05, 0.1) is 4.92 Å². The Kier molecular flexibility index (Phi) is 4.22. The summed E-state index contributed by atoms with van der Waals surface area (Å²) in [6, 6.07) is 7.45. The normalized spacial score (nSPS) is 24.9. The molecule has 3 heterocycles. The fraction of sp³-hybridized carbons (Fsp3) is 0.412. The Morgan fingerprint density at radius 3 is 2.56 bits per heavy atom. The van der Waals surface area contributed by atoms with Crippen molar-refractivity contribution in [1.29, 1.82) is 0 Å². The summed E-state index contributed by atoms with van der Waals surface area (Å²) in [6.45, 7) is 0. The second-order valence-corrected chi connectivity index (χ2v) is 7.48. The van der Waals surface area contributed by atoms with Gasteiger partial charge in [0, 0.05) is 41.2 Å². The molecule has 2 saturated heterocycles. The summed E-state index contributed by atoms with van der Waals surface area (Å²) in [5.41, 5.74) is 1.22. The van der Waals surface area contributed by atoms with Gasteiger partial charge in [-0.25, -0.2) is 4.98 Å². The van der Waals surface area contributed by atoms with Crippen molar-refractivity contribution in [2.24, 2.45) is 0 Å². The van der Waals surface area contributed by atoms with Crippen molar-refractivity contribution >= 4 is 22.9 Å². The highest BCUT2D eigenvalue weighted by Crippen LogP contribution is 2.28. The first kappa shape index (κ1) is 16.2. The summed E-state index contributed by atoms with van der Waals surface area (Å²) in [6.07, 6.45) is 4.33. The average molecular weight is 358 g/mol. The highest BCUT2D eigenvalue weighted by molar-refractivity contribution is 7.13. The second-order valence-electron chi connectivity index (χ2n) is 6.62. The summed E-state index contributed by atoms with van der Waals surface area (Å²) in [4.78, 5) is 27.1. The van der Waals surface area contributed by atoms with Crippen LogP contribution in [-0.2, 0) is 0 Å². The molecule has 7 nitrogen and oxygen atoms in total. The van der Waals surface area contributed by atoms with Crippen molar-refractivity contribution in [3.63, 3.8) is 0 Å². The van der Waals surface area contributed by atoms with E-state index in [0.717, 1.165) is 18.4 Å². The number of non-ortho nitro benzene ring substituents is 1. The minimum Gasteiger partial charge on any atom is -0.348 e. The van der Waals surface area contributed by atoms with Crippen LogP contribution in [0.1, 0.15) is 36.2 Å². The maximum atomic E-state index is 12.5. The number of nitrogens with zero attached hydrogens (tertiary/aromatic N) is 2. The van der Waals surface area contributed by atoms with Gasteiger partial charge in [-0.1, -0.05) is 0 Å². The number of nitro groups is 1. The van der Waals surface area contributed by atoms with Crippen LogP contribution in [0.25, 0.3) is 10.6 Å². The number of hydrogen-bond acceptors (Lipinski definition) is 6. The van der Waals surface area contributed by atoms with Crippen molar-refractivity contribution in [3.05, 3.63) is 45.5 Å². The van der Waals surface area contributed by atoms with Crippen LogP contribution in [0.15, 0.2) is 29.6 Å². The fourth-order valence-corrected chi connectivity index (χ4v) is 4.48. The number of rotatable bonds is 4. The molecule has 8 heteroatoms. The predicted octanol–water partition coefficient (Wildman–Crippen LogP) is 2.73. The third-order valence-corrected chi connectivity index (χ3v) is 5.76. The lowest BCUT2D eigenvalue weighted by atomic mass is 10.00. The van der Waals surface area contributed by atoms with E-state index in [1.165, 1.54) is 36.3 Å². The van der Waals surface area contributed by atoms with Crippen LogP contribution in [0.5, 0.6) is 0 Å². The topological polar surface area (TPSA) is 97.2 Å². The zero-order valence-corrected chi connectivity index (χ0v) is 14.3. The van der Waals surface area contributed by atoms with Crippen LogP contribution in [0.2, 0.25) is 0 Å². The first-order valence-electron chi connectivity index (χ1n) is 8.36. The number of thiazole rings is 1. The SMILES string of the molecule is O=C(NC1CC2CCC(C1)N2)c1csc(-c2ccc([N+](=O)[O-])cc2)n1. The van der Waals surface area contributed by atoms with Gasteiger partial charge in [-0.3, -0.25) is 14.9 Å². The molecule has 2 aromatic rings. The van der Waals surface area contributed by atoms with E-state index >= 15 is 0 Å². The number of fused-ring (bicyclic) bond motifs is 2. The smallest absolute Gasteiger partial charge is 0.270 e. The third-order valence-electron chi connectivity index (χ3n) is 4.87. The molecule has 1 aromatic heterocycles. The number of piperidine rings is 1. The Morgan fingerprint density at radius 2 is 1.92 bits per heavy atom. The molecule has 2 N–H and O–H groups in total. The van der Waals surface area contributed by atoms with Crippen LogP contribution in [-0.4, -0.2) is 33.9 Å². The summed E-state index contributed by atoms with van der Waals surface area (Å²) in [5.74, 6) is -0.143. The second kappa shape index (κ2) is 6.53. The van der Waals surface area contributed by atoms with Gasteiger partial charge >= 0.3 is 0 Å². The van der Waals surface area contributed by atoms with Crippen molar-refractivity contribution < 1.29 is 9.72 Å². The van der Waals surface area contributed by atoms with E-state index in [1.807, 2.05) is 0 Å². The third kappa shape index (κ3) is 3.40. The summed E-state index contributed by atoms with van der Waals surface area (Å²) >= 11 is 1.37. The van der Waals surface area contributed by atoms with E-state index in [0.29, 0.717) is 22.8 Å². The number of carbonyl (C=O) groups is 1. The Bertz CT molecular complexity index is 792. The molecule has 0 spiro atoms. The molecule has 2 aliphatic rings. The van der Waals surface area contributed by atoms with E-state index in [2.05, 4.69) is 15.6 Å². The van der Waals surface area contributed by atoms with Crippen LogP contribution < -0.4 is 10.6 Å². The number of nitro benzene ring substituents is 1. The molecule has 1 aromatic carbocycles. The van der Waals surface area contributed by atoms with Gasteiger partial charge in [0.1, 0.15) is 10.7 Å². The molecular formula is C17H18N4O3S. The van der Waals surface area contributed by atoms with Gasteiger partial charge in [-0.2, -0.15) is 0 Å². The molecular weight excluding hydrogens is 340 g/mol. The van der Waals surface area contributed by atoms with E-state index in [9.17, 15) is 14.9 Å². The maximum absolute atomic E-state index is 12.5. The molecule has 2 aliphatic heterocycles. The molecule has 0 aliphatic carbocycles. The molecule has 130 valence electrons. The lowest BCUT2D eigenvalue weighted by molar-refractivity contribution is -0.384. The first-order valence-corrected chi connectivity index (χ1v) is 9.24. The lowest BCUT2D eigenvalue weighted by Gasteiger charge is -2.29. The fourth-order valence-electron chi connectivity index (χ4n) is 3.67. The van der Waals surface area contributed by atoms with Crippen LogP contribution in [0, 0.1) is 10.1 Å². The number of amides is 1. The van der Waals surface area contributed by atoms with Crippen molar-refractivity contribution in [2.45, 2.75) is 43.8 Å². The molecule has 25 heavy (non-hydrogen) atoms. The van der Waals surface area contributed by atoms with Gasteiger partial charge < -0.3 is 10.6 Å². The highest BCUT2D eigenvalue weighted by Gasteiger charge is 2.34. The van der Waals surface area contributed by atoms with Crippen LogP contribution in [0.4, 0.5) is 5.69 Å². The van der Waals surface area contributed by atoms with Crippen LogP contribution in [0.3, 0.4) is 0 Å². The Labute approximate surface area is 148 Å². The number of carbonyl (C=O) groups excluding carboxylic acids is 1. The maximum Gasteiger partial charge on any atom is 0.270 e. The predicted molar refractivity (Wildman–Crippen MR) is 94.6 cm³/mol. The van der Waals surface area contributed by atoms with Gasteiger partial charge in [-0.05, 0) is 37.8 Å². The molecule has 2 unspecified atom stereocenters. The summed E-state index contributed by atoms with van der Waals surface area (Å²) < 4.78 is 0. The van der Waals surface area contributed by atoms with Gasteiger partial charge in [0.15, 0.2) is 0 Å². The number of nitrogens with one attached hydrogen (secondary N) is 2. The minimum absolute atomic E-state index is 0.0406. The molecule has 2 atom stereocenters. The standard InChI is InChI=1S/C17H18N4O3S/c22-16(19-13-7-11-3-4-12(8-13)18-11)15-9-25-17(20-15)10-1-5-14(6-2-10)21(23)24/h1-2,5-6,9,11-13,18H,3-4,7-8H2,(H,19,22). The Balaban J connectivity index is 1.43. The first-order chi connectivity index (χ1) is 12.1. The van der Waals surface area contributed by atoms with E-state index in [-0.39, 0.29) is 17.6 Å². The average Bonchev–Trinajstić information content (AvgIpc) is 3.22. The quantitative estimate of drug-likeness (QED) is 0.647. The Hall–Kier alpha value is -2.32. The molecule has 1 amide bonds. The van der Waals surface area contributed by atoms with Crippen molar-refractivity contribution in [3.8, 4) is 10.6 Å². The molecule has 2 bridgehead atoms. The molecule has 0 saturated carbocycles. The molecule has 4 rings (SSSR count). The number of hydrogen-bond donors (Lipinski definition) is 2. The van der Waals surface area contributed by atoms with Crippen molar-refractivity contribution in [2.75, 3.05) is 0 Å². The molecule has 2 fully saturated rings. The van der Waals surface area contributed by atoms with E-state index < -0.39 is 4.92 Å². The summed E-state index contributed by atoms with van der Waals surface area (Å²) in [5, 5.41) is 19.8. The van der Waals surface area contributed by atoms with Gasteiger partial charge in [0.25, 0.3) is 11.6 Å². The zero-order valence-electron chi connectivity index (χ0n) is 13.5. The number of benzene rings is 1. The van der Waals surface area contributed by atoms with E-state index in [1.54, 1.807) is 17.5 Å². The van der Waals surface area contributed by atoms with Crippen LogP contribution >= 0.6 is 11.3 Å². The highest BCUT2D eigenvalue weighted by atomic mass is 32.1. The molecule has 0 radical (unpaired) electrons.